The summed E-state index contributed by atoms with van der Waals surface area (Å²) in [5, 5.41) is 19.3. The van der Waals surface area contributed by atoms with Crippen LogP contribution in [0.25, 0.3) is 16.8 Å². The number of carboxylic acids is 1. The first-order chi connectivity index (χ1) is 16.5. The number of nitrogens with two attached hydrogens (primary N) is 2. The molecular weight excluding hydrogens is 464 g/mol. The van der Waals surface area contributed by atoms with Crippen LogP contribution < -0.4 is 16.2 Å². The molecule has 0 saturated heterocycles. The van der Waals surface area contributed by atoms with E-state index in [4.69, 9.17) is 16.0 Å². The topological polar surface area (TPSA) is 114 Å². The first-order valence-electron chi connectivity index (χ1n) is 10.5. The molecule has 1 aliphatic heterocycles. The lowest BCUT2D eigenvalue weighted by molar-refractivity contribution is -0.133. The maximum Gasteiger partial charge on any atom is 0.352 e. The molecule has 6 nitrogen and oxygen atoms in total. The van der Waals surface area contributed by atoms with Gasteiger partial charge in [0, 0.05) is 28.6 Å². The predicted molar refractivity (Wildman–Crippen MR) is 142 cm³/mol. The average Bonchev–Trinajstić information content (AvgIpc) is 3.37. The molecule has 8 heteroatoms. The maximum atomic E-state index is 11.2. The van der Waals surface area contributed by atoms with Gasteiger partial charge in [0.1, 0.15) is 5.70 Å². The number of aliphatic carboxylic acids is 1. The van der Waals surface area contributed by atoms with E-state index >= 15 is 0 Å². The zero-order valence-corrected chi connectivity index (χ0v) is 19.9. The van der Waals surface area contributed by atoms with E-state index in [0.717, 1.165) is 32.7 Å². The smallest absolute Gasteiger partial charge is 0.352 e. The van der Waals surface area contributed by atoms with Gasteiger partial charge >= 0.3 is 5.97 Å². The molecule has 1 heterocycles. The van der Waals surface area contributed by atoms with E-state index in [0.29, 0.717) is 12.1 Å². The first kappa shape index (κ1) is 23.7. The molecule has 172 valence electrons. The molecule has 1 unspecified atom stereocenters. The van der Waals surface area contributed by atoms with E-state index in [-0.39, 0.29) is 5.70 Å². The van der Waals surface area contributed by atoms with Crippen LogP contribution >= 0.6 is 23.7 Å². The van der Waals surface area contributed by atoms with Gasteiger partial charge in [0.15, 0.2) is 5.50 Å². The fraction of sp³-hybridized carbons (Fsp3) is 0.0769. The molecule has 0 bridgehead atoms. The van der Waals surface area contributed by atoms with E-state index in [1.54, 1.807) is 11.6 Å². The van der Waals surface area contributed by atoms with Crippen LogP contribution in [-0.4, -0.2) is 22.8 Å². The van der Waals surface area contributed by atoms with E-state index in [9.17, 15) is 4.79 Å². The van der Waals surface area contributed by atoms with Crippen molar-refractivity contribution in [2.24, 2.45) is 15.9 Å². The minimum atomic E-state index is -1.00. The highest BCUT2D eigenvalue weighted by atomic mass is 32.2. The van der Waals surface area contributed by atoms with Crippen molar-refractivity contribution in [3.63, 3.8) is 0 Å². The highest BCUT2D eigenvalue weighted by Crippen LogP contribution is 2.26. The summed E-state index contributed by atoms with van der Waals surface area (Å²) in [6, 6.07) is 26.2. The van der Waals surface area contributed by atoms with Crippen molar-refractivity contribution in [3.05, 3.63) is 107 Å². The number of rotatable bonds is 8. The molecule has 4 rings (SSSR count). The Morgan fingerprint density at radius 1 is 1.06 bits per heavy atom. The maximum absolute atomic E-state index is 11.2. The van der Waals surface area contributed by atoms with Crippen LogP contribution in [0.15, 0.2) is 105 Å². The summed E-state index contributed by atoms with van der Waals surface area (Å²) in [5.41, 5.74) is 12.0. The zero-order valence-electron chi connectivity index (χ0n) is 18.2. The number of hydrogen-bond donors (Lipinski definition) is 4. The van der Waals surface area contributed by atoms with E-state index < -0.39 is 11.5 Å². The van der Waals surface area contributed by atoms with Crippen LogP contribution in [0.4, 0.5) is 0 Å². The van der Waals surface area contributed by atoms with Crippen LogP contribution in [-0.2, 0) is 11.2 Å². The zero-order chi connectivity index (χ0) is 23.9. The summed E-state index contributed by atoms with van der Waals surface area (Å²) in [6.45, 7) is 0. The number of allylic oxidation sites excluding steroid dienone is 1. The van der Waals surface area contributed by atoms with Gasteiger partial charge in [0.05, 0.1) is 0 Å². The molecule has 3 aromatic rings. The molecule has 0 amide bonds. The monoisotopic (exact) mass is 488 g/mol. The van der Waals surface area contributed by atoms with E-state index in [1.807, 2.05) is 54.6 Å². The number of hydrogen-bond acceptors (Lipinski definition) is 7. The molecule has 34 heavy (non-hydrogen) atoms. The molecule has 0 radical (unpaired) electrons. The molecule has 0 aliphatic carbocycles. The van der Waals surface area contributed by atoms with Crippen LogP contribution in [0.2, 0.25) is 0 Å². The molecule has 3 aromatic carbocycles. The Balaban J connectivity index is 1.66. The summed E-state index contributed by atoms with van der Waals surface area (Å²) in [7, 11) is 0. The van der Waals surface area contributed by atoms with Crippen molar-refractivity contribution in [2.75, 3.05) is 0 Å². The van der Waals surface area contributed by atoms with Gasteiger partial charge in [0.25, 0.3) is 0 Å². The number of carbonyl (C=O) groups is 1. The van der Waals surface area contributed by atoms with Crippen LogP contribution in [0.1, 0.15) is 11.1 Å². The Morgan fingerprint density at radius 3 is 2.47 bits per heavy atom. The molecule has 1 atom stereocenters. The Hall–Kier alpha value is -3.46. The summed E-state index contributed by atoms with van der Waals surface area (Å²) < 4.78 is 0. The normalized spacial score (nSPS) is 16.1. The standard InChI is InChI=1S/C26H24N4O2S2/c27-24(20-8-4-7-19(14-20)18-5-2-1-3-6-18)21(13-17-9-11-22(34-28)12-10-17)15-29-26-30-23(16-33-26)25(31)32/h1-12,14-16,26,30H,13,27-28H2,(H,31,32). The fourth-order valence-electron chi connectivity index (χ4n) is 3.47. The Bertz CT molecular complexity index is 1260. The van der Waals surface area contributed by atoms with Crippen molar-refractivity contribution in [2.45, 2.75) is 16.8 Å². The molecule has 1 aliphatic rings. The Kier molecular flexibility index (Phi) is 7.74. The number of thioether (sulfide) groups is 1. The highest BCUT2D eigenvalue weighted by molar-refractivity contribution is 8.03. The highest BCUT2D eigenvalue weighted by Gasteiger charge is 2.20. The third-order valence-corrected chi connectivity index (χ3v) is 6.68. The number of carboxylic acid groups (broad SMARTS) is 1. The molecule has 0 aromatic heterocycles. The number of aliphatic imine (C=N–C) groups is 1. The minimum Gasteiger partial charge on any atom is -0.477 e. The van der Waals surface area contributed by atoms with Crippen LogP contribution in [0.3, 0.4) is 0 Å². The number of nitrogens with zero attached hydrogens (tertiary/aromatic N) is 1. The minimum absolute atomic E-state index is 0.135. The van der Waals surface area contributed by atoms with Gasteiger partial charge in [-0.05, 0) is 58.0 Å². The van der Waals surface area contributed by atoms with Crippen molar-refractivity contribution in [3.8, 4) is 11.1 Å². The summed E-state index contributed by atoms with van der Waals surface area (Å²) in [6.07, 6.45) is 2.30. The third-order valence-electron chi connectivity index (χ3n) is 5.27. The van der Waals surface area contributed by atoms with Gasteiger partial charge in [-0.3, -0.25) is 10.1 Å². The van der Waals surface area contributed by atoms with Gasteiger partial charge in [-0.15, -0.1) is 0 Å². The van der Waals surface area contributed by atoms with Gasteiger partial charge in [0.2, 0.25) is 0 Å². The van der Waals surface area contributed by atoms with Crippen molar-refractivity contribution >= 4 is 41.6 Å². The molecule has 0 spiro atoms. The summed E-state index contributed by atoms with van der Waals surface area (Å²) >= 11 is 2.51. The second kappa shape index (κ2) is 11.1. The van der Waals surface area contributed by atoms with E-state index in [2.05, 4.69) is 34.6 Å². The number of nitrogens with one attached hydrogen (secondary N) is 1. The quantitative estimate of drug-likeness (QED) is 0.265. The van der Waals surface area contributed by atoms with Crippen molar-refractivity contribution in [1.82, 2.24) is 5.32 Å². The molecular formula is C26H24N4O2S2. The Morgan fingerprint density at radius 2 is 1.79 bits per heavy atom. The van der Waals surface area contributed by atoms with Gasteiger partial charge in [-0.25, -0.2) is 4.79 Å². The first-order valence-corrected chi connectivity index (χ1v) is 12.3. The predicted octanol–water partition coefficient (Wildman–Crippen LogP) is 4.85. The van der Waals surface area contributed by atoms with Gasteiger partial charge in [-0.2, -0.15) is 0 Å². The fourth-order valence-corrected chi connectivity index (χ4v) is 4.53. The SMILES string of the molecule is NSc1ccc(CC(C=NC2NC(C(=O)O)=CS2)=C(N)c2cccc(-c3ccccc3)c2)cc1. The molecule has 0 fully saturated rings. The van der Waals surface area contributed by atoms with Crippen LogP contribution in [0.5, 0.6) is 0 Å². The molecule has 6 N–H and O–H groups in total. The van der Waals surface area contributed by atoms with Gasteiger partial charge in [-0.1, -0.05) is 72.4 Å². The van der Waals surface area contributed by atoms with Crippen LogP contribution in [0, 0.1) is 0 Å². The third kappa shape index (κ3) is 5.91. The lowest BCUT2D eigenvalue weighted by Gasteiger charge is -2.12. The summed E-state index contributed by atoms with van der Waals surface area (Å²) in [4.78, 5) is 16.7. The number of benzene rings is 3. The second-order valence-electron chi connectivity index (χ2n) is 7.57. The Labute approximate surface area is 207 Å². The lowest BCUT2D eigenvalue weighted by Crippen LogP contribution is -2.23. The van der Waals surface area contributed by atoms with Crippen molar-refractivity contribution < 1.29 is 9.90 Å². The van der Waals surface area contributed by atoms with E-state index in [1.165, 1.54) is 23.7 Å². The van der Waals surface area contributed by atoms with Crippen molar-refractivity contribution in [1.29, 1.82) is 0 Å². The van der Waals surface area contributed by atoms with Gasteiger partial charge < -0.3 is 16.2 Å². The molecule has 0 saturated carbocycles. The summed E-state index contributed by atoms with van der Waals surface area (Å²) in [5.74, 6) is -1.00. The lowest BCUT2D eigenvalue weighted by atomic mass is 9.97. The second-order valence-corrected chi connectivity index (χ2v) is 9.23. The average molecular weight is 489 g/mol. The largest absolute Gasteiger partial charge is 0.477 e.